The molecule has 7 nitrogen and oxygen atoms in total. The number of para-hydroxylation sites is 1. The maximum atomic E-state index is 14.4. The molecule has 5 aromatic rings. The van der Waals surface area contributed by atoms with Gasteiger partial charge in [-0.25, -0.2) is 4.39 Å². The lowest BCUT2D eigenvalue weighted by atomic mass is 10.0. The van der Waals surface area contributed by atoms with E-state index in [1.165, 1.54) is 21.9 Å². The second kappa shape index (κ2) is 9.10. The van der Waals surface area contributed by atoms with Crippen molar-refractivity contribution in [3.63, 3.8) is 0 Å². The highest BCUT2D eigenvalue weighted by Gasteiger charge is 2.32. The molecule has 1 N–H and O–H groups in total. The van der Waals surface area contributed by atoms with E-state index in [1.54, 1.807) is 24.5 Å². The fourth-order valence-electron chi connectivity index (χ4n) is 4.54. The molecule has 35 heavy (non-hydrogen) atoms. The molecule has 1 atom stereocenters. The van der Waals surface area contributed by atoms with Gasteiger partial charge >= 0.3 is 0 Å². The molecule has 0 unspecified atom stereocenters. The Bertz CT molecular complexity index is 1460. The summed E-state index contributed by atoms with van der Waals surface area (Å²) < 4.78 is 22.2. The van der Waals surface area contributed by atoms with Gasteiger partial charge < -0.3 is 14.4 Å². The van der Waals surface area contributed by atoms with Crippen molar-refractivity contribution in [2.75, 3.05) is 31.1 Å². The second-order valence-electron chi connectivity index (χ2n) is 8.33. The van der Waals surface area contributed by atoms with Crippen LogP contribution in [0.15, 0.2) is 75.8 Å². The zero-order chi connectivity index (χ0) is 23.9. The lowest BCUT2D eigenvalue weighted by molar-refractivity contribution is 0.210. The van der Waals surface area contributed by atoms with E-state index in [9.17, 15) is 9.50 Å². The third-order valence-electron chi connectivity index (χ3n) is 6.25. The number of rotatable bonds is 5. The van der Waals surface area contributed by atoms with Crippen LogP contribution in [-0.4, -0.2) is 50.8 Å². The highest BCUT2D eigenvalue weighted by atomic mass is 79.9. The van der Waals surface area contributed by atoms with Gasteiger partial charge in [-0.15, -0.1) is 5.10 Å². The van der Waals surface area contributed by atoms with Gasteiger partial charge in [-0.3, -0.25) is 4.90 Å². The van der Waals surface area contributed by atoms with Crippen LogP contribution in [0.4, 0.5) is 10.1 Å². The first-order valence-corrected chi connectivity index (χ1v) is 12.8. The summed E-state index contributed by atoms with van der Waals surface area (Å²) in [5, 5.41) is 15.7. The number of furan rings is 1. The first-order valence-electron chi connectivity index (χ1n) is 11.2. The van der Waals surface area contributed by atoms with Gasteiger partial charge in [0.25, 0.3) is 0 Å². The Morgan fingerprint density at radius 2 is 1.77 bits per heavy atom. The van der Waals surface area contributed by atoms with Crippen LogP contribution >= 0.6 is 27.3 Å². The van der Waals surface area contributed by atoms with Crippen LogP contribution < -0.4 is 4.90 Å². The zero-order valence-corrected chi connectivity index (χ0v) is 20.9. The highest BCUT2D eigenvalue weighted by molar-refractivity contribution is 9.10. The normalized spacial score (nSPS) is 15.7. The van der Waals surface area contributed by atoms with E-state index in [-0.39, 0.29) is 17.7 Å². The van der Waals surface area contributed by atoms with Crippen molar-refractivity contribution < 1.29 is 13.9 Å². The molecule has 1 fully saturated rings. The van der Waals surface area contributed by atoms with Crippen molar-refractivity contribution in [3.8, 4) is 17.5 Å². The number of aromatic nitrogens is 3. The number of aromatic hydroxyl groups is 1. The molecule has 0 amide bonds. The lowest BCUT2D eigenvalue weighted by Crippen LogP contribution is -2.48. The molecule has 0 saturated carbocycles. The Morgan fingerprint density at radius 3 is 2.46 bits per heavy atom. The summed E-state index contributed by atoms with van der Waals surface area (Å²) in [4.78, 5) is 10.3. The van der Waals surface area contributed by atoms with Crippen LogP contribution in [-0.2, 0) is 0 Å². The smallest absolute Gasteiger partial charge is 0.230 e. The molecule has 1 aliphatic rings. The molecule has 2 aromatic carbocycles. The van der Waals surface area contributed by atoms with Crippen LogP contribution in [0.3, 0.4) is 0 Å². The molecule has 6 rings (SSSR count). The lowest BCUT2D eigenvalue weighted by Gasteiger charge is -2.40. The molecule has 3 aromatic heterocycles. The van der Waals surface area contributed by atoms with E-state index < -0.39 is 0 Å². The number of hydrogen-bond donors (Lipinski definition) is 1. The van der Waals surface area contributed by atoms with E-state index in [0.29, 0.717) is 48.4 Å². The van der Waals surface area contributed by atoms with Crippen molar-refractivity contribution in [2.45, 2.75) is 6.04 Å². The Balaban J connectivity index is 1.34. The monoisotopic (exact) mass is 553 g/mol. The Labute approximate surface area is 213 Å². The zero-order valence-electron chi connectivity index (χ0n) is 18.5. The number of hydrogen-bond acceptors (Lipinski definition) is 7. The maximum absolute atomic E-state index is 14.4. The first kappa shape index (κ1) is 22.3. The molecule has 0 spiro atoms. The molecule has 0 bridgehead atoms. The minimum absolute atomic E-state index is 0.0692. The molecule has 4 heterocycles. The van der Waals surface area contributed by atoms with E-state index in [1.807, 2.05) is 24.3 Å². The largest absolute Gasteiger partial charge is 0.492 e. The summed E-state index contributed by atoms with van der Waals surface area (Å²) in [6.07, 6.45) is 1.57. The van der Waals surface area contributed by atoms with Gasteiger partial charge in [-0.1, -0.05) is 51.5 Å². The molecular weight excluding hydrogens is 533 g/mol. The van der Waals surface area contributed by atoms with Gasteiger partial charge in [0.15, 0.2) is 5.76 Å². The van der Waals surface area contributed by atoms with Gasteiger partial charge in [0.2, 0.25) is 16.7 Å². The van der Waals surface area contributed by atoms with Gasteiger partial charge in [0.1, 0.15) is 5.82 Å². The predicted octanol–water partition coefficient (Wildman–Crippen LogP) is 5.57. The number of benzene rings is 2. The minimum atomic E-state index is -0.207. The van der Waals surface area contributed by atoms with Crippen molar-refractivity contribution in [1.29, 1.82) is 0 Å². The van der Waals surface area contributed by atoms with E-state index in [4.69, 9.17) is 4.42 Å². The number of fused-ring (bicyclic) bond motifs is 1. The van der Waals surface area contributed by atoms with Gasteiger partial charge in [-0.05, 0) is 42.0 Å². The topological polar surface area (TPSA) is 70.0 Å². The molecule has 0 aliphatic carbocycles. The van der Waals surface area contributed by atoms with Crippen LogP contribution in [0.1, 0.15) is 16.5 Å². The standard InChI is InChI=1S/C25H21BrFN5O2S/c26-17-9-7-16(8-10-17)21(31-13-11-30(12-14-31)19-5-2-1-4-18(19)27)22-24(33)32-25(35-22)28-23(29-32)20-6-3-15-34-20/h1-10,15,21,33H,11-14H2/t21-/m1/s1. The average Bonchev–Trinajstić information content (AvgIpc) is 3.60. The van der Waals surface area contributed by atoms with E-state index in [0.717, 1.165) is 14.9 Å². The van der Waals surface area contributed by atoms with E-state index >= 15 is 0 Å². The minimum Gasteiger partial charge on any atom is -0.492 e. The fraction of sp³-hybridized carbons (Fsp3) is 0.200. The number of piperazine rings is 1. The van der Waals surface area contributed by atoms with Crippen LogP contribution in [0, 0.1) is 5.82 Å². The molecule has 1 saturated heterocycles. The molecular formula is C25H21BrFN5O2S. The second-order valence-corrected chi connectivity index (χ2v) is 10.3. The van der Waals surface area contributed by atoms with Crippen LogP contribution in [0.2, 0.25) is 0 Å². The van der Waals surface area contributed by atoms with Gasteiger partial charge in [0.05, 0.1) is 22.9 Å². The van der Waals surface area contributed by atoms with E-state index in [2.05, 4.69) is 47.9 Å². The Hall–Kier alpha value is -3.21. The number of nitrogens with zero attached hydrogens (tertiary/aromatic N) is 5. The molecule has 0 radical (unpaired) electrons. The summed E-state index contributed by atoms with van der Waals surface area (Å²) in [6.45, 7) is 2.77. The quantitative estimate of drug-likeness (QED) is 0.307. The maximum Gasteiger partial charge on any atom is 0.230 e. The van der Waals surface area contributed by atoms with Crippen LogP contribution in [0.25, 0.3) is 16.5 Å². The SMILES string of the molecule is Oc1c([C@@H](c2ccc(Br)cc2)N2CCN(c3ccccc3F)CC2)sc2nc(-c3ccco3)nn12. The van der Waals surface area contributed by atoms with Crippen molar-refractivity contribution in [3.05, 3.63) is 87.7 Å². The van der Waals surface area contributed by atoms with Crippen molar-refractivity contribution in [2.24, 2.45) is 0 Å². The third-order valence-corrected chi connectivity index (χ3v) is 7.85. The van der Waals surface area contributed by atoms with Crippen molar-refractivity contribution in [1.82, 2.24) is 19.5 Å². The summed E-state index contributed by atoms with van der Waals surface area (Å²) in [6, 6.07) is 18.4. The fourth-order valence-corrected chi connectivity index (χ4v) is 5.92. The van der Waals surface area contributed by atoms with Crippen molar-refractivity contribution >= 4 is 37.9 Å². The molecule has 10 heteroatoms. The first-order chi connectivity index (χ1) is 17.1. The average molecular weight is 554 g/mol. The third kappa shape index (κ3) is 4.11. The molecule has 178 valence electrons. The number of halogens is 2. The summed E-state index contributed by atoms with van der Waals surface area (Å²) >= 11 is 4.93. The number of anilines is 1. The van der Waals surface area contributed by atoms with Crippen LogP contribution in [0.5, 0.6) is 5.88 Å². The Kier molecular flexibility index (Phi) is 5.79. The summed E-state index contributed by atoms with van der Waals surface area (Å²) in [5.41, 5.74) is 1.68. The summed E-state index contributed by atoms with van der Waals surface area (Å²) in [5.74, 6) is 0.845. The summed E-state index contributed by atoms with van der Waals surface area (Å²) in [7, 11) is 0. The highest BCUT2D eigenvalue weighted by Crippen LogP contribution is 2.41. The number of thiazole rings is 1. The predicted molar refractivity (Wildman–Crippen MR) is 136 cm³/mol. The Morgan fingerprint density at radius 1 is 1.00 bits per heavy atom. The van der Waals surface area contributed by atoms with Gasteiger partial charge in [-0.2, -0.15) is 9.50 Å². The van der Waals surface area contributed by atoms with Gasteiger partial charge in [0, 0.05) is 30.7 Å². The molecule has 1 aliphatic heterocycles.